The lowest BCUT2D eigenvalue weighted by molar-refractivity contribution is 0.0963. The minimum absolute atomic E-state index is 0.222. The van der Waals surface area contributed by atoms with Crippen molar-refractivity contribution in [2.45, 2.75) is 37.2 Å². The van der Waals surface area contributed by atoms with Gasteiger partial charge < -0.3 is 20.3 Å². The molecule has 0 atom stereocenters. The first-order valence-corrected chi connectivity index (χ1v) is 11.1. The maximum atomic E-state index is 12.1. The van der Waals surface area contributed by atoms with E-state index >= 15 is 0 Å². The van der Waals surface area contributed by atoms with Gasteiger partial charge in [-0.1, -0.05) is 12.1 Å². The smallest absolute Gasteiger partial charge is 0.409 e. The number of ether oxygens (including phenoxy) is 1. The monoisotopic (exact) mass is 425 g/mol. The van der Waals surface area contributed by atoms with Gasteiger partial charge in [-0.15, -0.1) is 0 Å². The van der Waals surface area contributed by atoms with E-state index < -0.39 is 10.0 Å². The van der Waals surface area contributed by atoms with Crippen molar-refractivity contribution in [1.82, 2.24) is 19.8 Å². The molecule has 0 spiro atoms. The molecule has 0 aliphatic carbocycles. The molecule has 162 valence electrons. The van der Waals surface area contributed by atoms with Crippen molar-refractivity contribution >= 4 is 22.1 Å². The standard InChI is InChI=1S/C19H31N5O4S/c1-5-28-19(25)24-12-10-16(11-13-24)22-18(20-2)21-14-15-6-8-17(9-7-15)29(26,27)23(3)4/h6-9,16H,5,10-14H2,1-4H3,(H2,20,21,22). The first-order chi connectivity index (χ1) is 13.8. The number of carbonyl (C=O) groups excluding carboxylic acids is 1. The van der Waals surface area contributed by atoms with Gasteiger partial charge in [-0.2, -0.15) is 0 Å². The van der Waals surface area contributed by atoms with Crippen molar-refractivity contribution in [2.75, 3.05) is 40.8 Å². The van der Waals surface area contributed by atoms with Crippen molar-refractivity contribution in [3.63, 3.8) is 0 Å². The van der Waals surface area contributed by atoms with E-state index in [1.807, 2.05) is 0 Å². The molecule has 2 N–H and O–H groups in total. The number of carbonyl (C=O) groups is 1. The topological polar surface area (TPSA) is 103 Å². The summed E-state index contributed by atoms with van der Waals surface area (Å²) < 4.78 is 30.5. The fraction of sp³-hybridized carbons (Fsp3) is 0.579. The number of hydrogen-bond acceptors (Lipinski definition) is 5. The molecule has 1 aliphatic heterocycles. The Morgan fingerprint density at radius 1 is 1.24 bits per heavy atom. The van der Waals surface area contributed by atoms with E-state index in [9.17, 15) is 13.2 Å². The van der Waals surface area contributed by atoms with Crippen LogP contribution < -0.4 is 10.6 Å². The number of piperidine rings is 1. The molecule has 1 aromatic carbocycles. The van der Waals surface area contributed by atoms with E-state index in [2.05, 4.69) is 15.6 Å². The molecule has 0 radical (unpaired) electrons. The Labute approximate surface area is 173 Å². The van der Waals surface area contributed by atoms with Crippen LogP contribution in [-0.4, -0.2) is 76.6 Å². The highest BCUT2D eigenvalue weighted by Gasteiger charge is 2.24. The average molecular weight is 426 g/mol. The Morgan fingerprint density at radius 2 is 1.86 bits per heavy atom. The summed E-state index contributed by atoms with van der Waals surface area (Å²) in [5.74, 6) is 0.671. The van der Waals surface area contributed by atoms with Gasteiger partial charge in [0.25, 0.3) is 0 Å². The Hall–Kier alpha value is -2.33. The van der Waals surface area contributed by atoms with Gasteiger partial charge >= 0.3 is 6.09 Å². The summed E-state index contributed by atoms with van der Waals surface area (Å²) in [6.07, 6.45) is 1.38. The molecule has 1 fully saturated rings. The van der Waals surface area contributed by atoms with Crippen LogP contribution in [0, 0.1) is 0 Å². The average Bonchev–Trinajstić information content (AvgIpc) is 2.72. The van der Waals surface area contributed by atoms with Gasteiger partial charge in [0.1, 0.15) is 0 Å². The quantitative estimate of drug-likeness (QED) is 0.525. The van der Waals surface area contributed by atoms with Gasteiger partial charge in [0.2, 0.25) is 10.0 Å². The third-order valence-electron chi connectivity index (χ3n) is 4.75. The molecule has 0 aromatic heterocycles. The fourth-order valence-corrected chi connectivity index (χ4v) is 3.89. The molecule has 10 heteroatoms. The van der Waals surface area contributed by atoms with Crippen LogP contribution in [0.25, 0.3) is 0 Å². The van der Waals surface area contributed by atoms with Crippen molar-refractivity contribution < 1.29 is 17.9 Å². The summed E-state index contributed by atoms with van der Waals surface area (Å²) in [7, 11) is 1.30. The lowest BCUT2D eigenvalue weighted by Crippen LogP contribution is -2.49. The van der Waals surface area contributed by atoms with Crippen LogP contribution in [0.2, 0.25) is 0 Å². The number of nitrogens with zero attached hydrogens (tertiary/aromatic N) is 3. The molecule has 1 aliphatic rings. The summed E-state index contributed by atoms with van der Waals surface area (Å²) in [4.78, 5) is 18.0. The molecule has 0 saturated carbocycles. The molecular formula is C19H31N5O4S. The maximum absolute atomic E-state index is 12.1. The second-order valence-electron chi connectivity index (χ2n) is 6.96. The summed E-state index contributed by atoms with van der Waals surface area (Å²) in [6.45, 7) is 4.00. The molecule has 2 rings (SSSR count). The Kier molecular flexibility index (Phi) is 8.27. The first kappa shape index (κ1) is 23.0. The number of guanidine groups is 1. The van der Waals surface area contributed by atoms with Gasteiger partial charge in [0.15, 0.2) is 5.96 Å². The zero-order valence-electron chi connectivity index (χ0n) is 17.5. The summed E-state index contributed by atoms with van der Waals surface area (Å²) in [5, 5.41) is 6.62. The third kappa shape index (κ3) is 6.33. The van der Waals surface area contributed by atoms with E-state index in [1.54, 1.807) is 43.1 Å². The van der Waals surface area contributed by atoms with Gasteiger partial charge in [0, 0.05) is 46.8 Å². The second kappa shape index (κ2) is 10.4. The highest BCUT2D eigenvalue weighted by Crippen LogP contribution is 2.14. The normalized spacial score (nSPS) is 16.0. The van der Waals surface area contributed by atoms with Crippen LogP contribution in [0.1, 0.15) is 25.3 Å². The molecule has 1 aromatic rings. The number of rotatable bonds is 6. The summed E-state index contributed by atoms with van der Waals surface area (Å²) in [6, 6.07) is 7.00. The van der Waals surface area contributed by atoms with Gasteiger partial charge in [-0.05, 0) is 37.5 Å². The SMILES string of the molecule is CCOC(=O)N1CCC(NC(=NC)NCc2ccc(S(=O)(=O)N(C)C)cc2)CC1. The highest BCUT2D eigenvalue weighted by molar-refractivity contribution is 7.89. The van der Waals surface area contributed by atoms with Crippen molar-refractivity contribution in [2.24, 2.45) is 4.99 Å². The van der Waals surface area contributed by atoms with E-state index in [0.717, 1.165) is 18.4 Å². The van der Waals surface area contributed by atoms with Crippen molar-refractivity contribution in [3.8, 4) is 0 Å². The van der Waals surface area contributed by atoms with Crippen LogP contribution in [0.15, 0.2) is 34.2 Å². The summed E-state index contributed by atoms with van der Waals surface area (Å²) >= 11 is 0. The van der Waals surface area contributed by atoms with Gasteiger partial charge in [-0.3, -0.25) is 4.99 Å². The molecule has 1 heterocycles. The molecule has 1 amide bonds. The molecular weight excluding hydrogens is 394 g/mol. The van der Waals surface area contributed by atoms with Crippen molar-refractivity contribution in [3.05, 3.63) is 29.8 Å². The number of benzene rings is 1. The lowest BCUT2D eigenvalue weighted by atomic mass is 10.1. The van der Waals surface area contributed by atoms with Crippen LogP contribution in [0.5, 0.6) is 0 Å². The largest absolute Gasteiger partial charge is 0.450 e. The Bertz CT molecular complexity index is 800. The number of sulfonamides is 1. The third-order valence-corrected chi connectivity index (χ3v) is 6.58. The first-order valence-electron chi connectivity index (χ1n) is 9.68. The maximum Gasteiger partial charge on any atom is 0.409 e. The van der Waals surface area contributed by atoms with Crippen LogP contribution in [-0.2, 0) is 21.3 Å². The molecule has 0 bridgehead atoms. The number of nitrogens with one attached hydrogen (secondary N) is 2. The number of hydrogen-bond donors (Lipinski definition) is 2. The minimum atomic E-state index is -3.42. The number of likely N-dealkylation sites (tertiary alicyclic amines) is 1. The van der Waals surface area contributed by atoms with Gasteiger partial charge in [-0.25, -0.2) is 17.5 Å². The zero-order valence-corrected chi connectivity index (χ0v) is 18.3. The predicted molar refractivity (Wildman–Crippen MR) is 112 cm³/mol. The van der Waals surface area contributed by atoms with Crippen LogP contribution >= 0.6 is 0 Å². The predicted octanol–water partition coefficient (Wildman–Crippen LogP) is 1.22. The second-order valence-corrected chi connectivity index (χ2v) is 9.11. The molecule has 9 nitrogen and oxygen atoms in total. The molecule has 1 saturated heterocycles. The highest BCUT2D eigenvalue weighted by atomic mass is 32.2. The molecule has 29 heavy (non-hydrogen) atoms. The summed E-state index contributed by atoms with van der Waals surface area (Å²) in [5.41, 5.74) is 0.947. The Balaban J connectivity index is 1.83. The lowest BCUT2D eigenvalue weighted by Gasteiger charge is -2.32. The van der Waals surface area contributed by atoms with Crippen molar-refractivity contribution in [1.29, 1.82) is 0 Å². The van der Waals surface area contributed by atoms with E-state index in [4.69, 9.17) is 4.74 Å². The van der Waals surface area contributed by atoms with E-state index in [0.29, 0.717) is 32.2 Å². The fourth-order valence-electron chi connectivity index (χ4n) is 2.99. The zero-order chi connectivity index (χ0) is 21.4. The van der Waals surface area contributed by atoms with Crippen LogP contribution in [0.3, 0.4) is 0 Å². The van der Waals surface area contributed by atoms with Gasteiger partial charge in [0.05, 0.1) is 11.5 Å². The molecule has 0 unspecified atom stereocenters. The van der Waals surface area contributed by atoms with E-state index in [1.165, 1.54) is 18.4 Å². The Morgan fingerprint density at radius 3 is 2.38 bits per heavy atom. The van der Waals surface area contributed by atoms with Crippen LogP contribution in [0.4, 0.5) is 4.79 Å². The number of aliphatic imine (C=N–C) groups is 1. The minimum Gasteiger partial charge on any atom is -0.450 e. The number of amides is 1. The van der Waals surface area contributed by atoms with E-state index in [-0.39, 0.29) is 17.0 Å².